The van der Waals surface area contributed by atoms with Crippen LogP contribution < -0.4 is 15.0 Å². The molecule has 0 bridgehead atoms. The number of hydrogen-bond acceptors (Lipinski definition) is 4. The van der Waals surface area contributed by atoms with Crippen molar-refractivity contribution in [1.82, 2.24) is 5.48 Å². The Morgan fingerprint density at radius 3 is 2.35 bits per heavy atom. The fourth-order valence-corrected chi connectivity index (χ4v) is 1.42. The van der Waals surface area contributed by atoms with Gasteiger partial charge in [-0.2, -0.15) is 5.48 Å². The Balaban J connectivity index is 2.70. The molecule has 4 nitrogen and oxygen atoms in total. The van der Waals surface area contributed by atoms with Crippen LogP contribution in [0.4, 0.5) is 0 Å². The molecular formula is C13H21NO3. The average Bonchev–Trinajstić information content (AvgIpc) is 2.27. The Morgan fingerprint density at radius 2 is 1.82 bits per heavy atom. The van der Waals surface area contributed by atoms with E-state index in [1.54, 1.807) is 14.2 Å². The lowest BCUT2D eigenvalue weighted by atomic mass is 10.2. The molecule has 0 fully saturated rings. The average molecular weight is 239 g/mol. The van der Waals surface area contributed by atoms with Crippen molar-refractivity contribution >= 4 is 0 Å². The molecule has 96 valence electrons. The summed E-state index contributed by atoms with van der Waals surface area (Å²) in [5.74, 6) is 1.46. The first-order valence-electron chi connectivity index (χ1n) is 5.58. The van der Waals surface area contributed by atoms with Gasteiger partial charge in [-0.15, -0.1) is 0 Å². The van der Waals surface area contributed by atoms with Gasteiger partial charge in [-0.25, -0.2) is 0 Å². The van der Waals surface area contributed by atoms with E-state index in [9.17, 15) is 0 Å². The third-order valence-electron chi connectivity index (χ3n) is 2.13. The molecule has 0 saturated heterocycles. The topological polar surface area (TPSA) is 39.7 Å². The normalized spacial score (nSPS) is 11.4. The fourth-order valence-electron chi connectivity index (χ4n) is 1.42. The van der Waals surface area contributed by atoms with Crippen molar-refractivity contribution in [3.05, 3.63) is 23.8 Å². The van der Waals surface area contributed by atoms with Crippen LogP contribution in [0, 0.1) is 0 Å². The van der Waals surface area contributed by atoms with Crippen molar-refractivity contribution in [2.24, 2.45) is 0 Å². The summed E-state index contributed by atoms with van der Waals surface area (Å²) >= 11 is 0. The van der Waals surface area contributed by atoms with Crippen LogP contribution in [0.2, 0.25) is 0 Å². The van der Waals surface area contributed by atoms with Gasteiger partial charge in [0.2, 0.25) is 0 Å². The minimum atomic E-state index is -0.216. The molecule has 0 spiro atoms. The molecular weight excluding hydrogens is 218 g/mol. The van der Waals surface area contributed by atoms with Crippen LogP contribution in [0.1, 0.15) is 26.3 Å². The maximum Gasteiger partial charge on any atom is 0.165 e. The zero-order valence-corrected chi connectivity index (χ0v) is 11.2. The SMILES string of the molecule is COc1cccc(CNOC(C)(C)C)c1OC. The summed E-state index contributed by atoms with van der Waals surface area (Å²) < 4.78 is 10.6. The molecule has 0 radical (unpaired) electrons. The second-order valence-corrected chi connectivity index (χ2v) is 4.69. The second-order valence-electron chi connectivity index (χ2n) is 4.69. The van der Waals surface area contributed by atoms with Crippen LogP contribution in [0.3, 0.4) is 0 Å². The van der Waals surface area contributed by atoms with Crippen LogP contribution in [0.25, 0.3) is 0 Å². The van der Waals surface area contributed by atoms with Gasteiger partial charge < -0.3 is 9.47 Å². The van der Waals surface area contributed by atoms with Crippen molar-refractivity contribution < 1.29 is 14.3 Å². The van der Waals surface area contributed by atoms with Crippen LogP contribution >= 0.6 is 0 Å². The van der Waals surface area contributed by atoms with E-state index >= 15 is 0 Å². The Morgan fingerprint density at radius 1 is 1.12 bits per heavy atom. The number of rotatable bonds is 5. The molecule has 17 heavy (non-hydrogen) atoms. The second kappa shape index (κ2) is 5.89. The van der Waals surface area contributed by atoms with Crippen LogP contribution in [-0.4, -0.2) is 19.8 Å². The number of benzene rings is 1. The molecule has 0 unspecified atom stereocenters. The fraction of sp³-hybridized carbons (Fsp3) is 0.538. The lowest BCUT2D eigenvalue weighted by molar-refractivity contribution is -0.0759. The zero-order chi connectivity index (χ0) is 12.9. The first-order chi connectivity index (χ1) is 7.98. The highest BCUT2D eigenvalue weighted by molar-refractivity contribution is 5.46. The molecule has 1 N–H and O–H groups in total. The minimum Gasteiger partial charge on any atom is -0.493 e. The smallest absolute Gasteiger partial charge is 0.165 e. The van der Waals surface area contributed by atoms with Gasteiger partial charge in [0.15, 0.2) is 11.5 Å². The zero-order valence-electron chi connectivity index (χ0n) is 11.2. The van der Waals surface area contributed by atoms with Gasteiger partial charge in [-0.05, 0) is 26.8 Å². The monoisotopic (exact) mass is 239 g/mol. The van der Waals surface area contributed by atoms with Crippen molar-refractivity contribution in [3.63, 3.8) is 0 Å². The molecule has 0 aromatic heterocycles. The number of methoxy groups -OCH3 is 2. The summed E-state index contributed by atoms with van der Waals surface area (Å²) in [5, 5.41) is 0. The third-order valence-corrected chi connectivity index (χ3v) is 2.13. The van der Waals surface area contributed by atoms with Crippen molar-refractivity contribution in [2.45, 2.75) is 32.9 Å². The van der Waals surface area contributed by atoms with E-state index in [0.29, 0.717) is 6.54 Å². The molecule has 0 aliphatic carbocycles. The highest BCUT2D eigenvalue weighted by atomic mass is 16.7. The van der Waals surface area contributed by atoms with E-state index in [1.807, 2.05) is 39.0 Å². The summed E-state index contributed by atoms with van der Waals surface area (Å²) in [7, 11) is 3.26. The van der Waals surface area contributed by atoms with Crippen molar-refractivity contribution in [3.8, 4) is 11.5 Å². The van der Waals surface area contributed by atoms with E-state index in [0.717, 1.165) is 17.1 Å². The number of hydrogen-bond donors (Lipinski definition) is 1. The molecule has 0 aliphatic heterocycles. The first kappa shape index (κ1) is 13.8. The molecule has 0 heterocycles. The molecule has 1 aromatic carbocycles. The van der Waals surface area contributed by atoms with E-state index in [4.69, 9.17) is 14.3 Å². The van der Waals surface area contributed by atoms with Gasteiger partial charge in [0.25, 0.3) is 0 Å². The van der Waals surface area contributed by atoms with Gasteiger partial charge in [-0.1, -0.05) is 12.1 Å². The van der Waals surface area contributed by atoms with E-state index in [1.165, 1.54) is 0 Å². The van der Waals surface area contributed by atoms with Crippen molar-refractivity contribution in [1.29, 1.82) is 0 Å². The van der Waals surface area contributed by atoms with Gasteiger partial charge >= 0.3 is 0 Å². The Labute approximate surface area is 103 Å². The molecule has 0 amide bonds. The van der Waals surface area contributed by atoms with Crippen LogP contribution in [-0.2, 0) is 11.4 Å². The predicted octanol–water partition coefficient (Wildman–Crippen LogP) is 2.52. The summed E-state index contributed by atoms with van der Waals surface area (Å²) in [6.45, 7) is 6.53. The number of para-hydroxylation sites is 1. The summed E-state index contributed by atoms with van der Waals surface area (Å²) in [6, 6.07) is 5.77. The Bertz CT molecular complexity index is 358. The van der Waals surface area contributed by atoms with Crippen molar-refractivity contribution in [2.75, 3.05) is 14.2 Å². The predicted molar refractivity (Wildman–Crippen MR) is 67.2 cm³/mol. The largest absolute Gasteiger partial charge is 0.493 e. The molecule has 4 heteroatoms. The van der Waals surface area contributed by atoms with E-state index in [-0.39, 0.29) is 5.60 Å². The van der Waals surface area contributed by atoms with Crippen LogP contribution in [0.5, 0.6) is 11.5 Å². The quantitative estimate of drug-likeness (QED) is 0.801. The third kappa shape index (κ3) is 4.24. The Kier molecular flexibility index (Phi) is 4.78. The standard InChI is InChI=1S/C13H21NO3/c1-13(2,3)17-14-9-10-7-6-8-11(15-4)12(10)16-5/h6-8,14H,9H2,1-5H3. The highest BCUT2D eigenvalue weighted by Crippen LogP contribution is 2.30. The lowest BCUT2D eigenvalue weighted by Gasteiger charge is -2.20. The maximum absolute atomic E-state index is 5.46. The molecule has 0 aliphatic rings. The maximum atomic E-state index is 5.46. The number of ether oxygens (including phenoxy) is 2. The molecule has 0 atom stereocenters. The van der Waals surface area contributed by atoms with Crippen LogP contribution in [0.15, 0.2) is 18.2 Å². The Hall–Kier alpha value is -1.26. The first-order valence-corrected chi connectivity index (χ1v) is 5.58. The van der Waals surface area contributed by atoms with E-state index in [2.05, 4.69) is 5.48 Å². The van der Waals surface area contributed by atoms with Gasteiger partial charge in [0.05, 0.1) is 19.8 Å². The number of nitrogens with one attached hydrogen (secondary N) is 1. The molecule has 0 saturated carbocycles. The minimum absolute atomic E-state index is 0.216. The summed E-state index contributed by atoms with van der Waals surface area (Å²) in [4.78, 5) is 5.46. The summed E-state index contributed by atoms with van der Waals surface area (Å²) in [6.07, 6.45) is 0. The molecule has 1 rings (SSSR count). The molecule has 1 aromatic rings. The highest BCUT2D eigenvalue weighted by Gasteiger charge is 2.12. The summed E-state index contributed by atoms with van der Waals surface area (Å²) in [5.41, 5.74) is 3.71. The van der Waals surface area contributed by atoms with Gasteiger partial charge in [0.1, 0.15) is 0 Å². The van der Waals surface area contributed by atoms with Gasteiger partial charge in [0, 0.05) is 12.1 Å². The van der Waals surface area contributed by atoms with Gasteiger partial charge in [-0.3, -0.25) is 4.84 Å². The number of hydroxylamine groups is 1. The van der Waals surface area contributed by atoms with E-state index < -0.39 is 0 Å². The lowest BCUT2D eigenvalue weighted by Crippen LogP contribution is -2.28.